The molecule has 4 rings (SSSR count). The van der Waals surface area contributed by atoms with Crippen molar-refractivity contribution in [3.05, 3.63) is 82.6 Å². The minimum absolute atomic E-state index is 0.212. The third kappa shape index (κ3) is 3.64. The number of fused-ring (bicyclic) bond motifs is 1. The molecular weight excluding hydrogens is 381 g/mol. The van der Waals surface area contributed by atoms with Crippen LogP contribution in [0.2, 0.25) is 10.0 Å². The highest BCUT2D eigenvalue weighted by molar-refractivity contribution is 6.35. The molecule has 0 radical (unpaired) electrons. The van der Waals surface area contributed by atoms with Gasteiger partial charge in [0.15, 0.2) is 0 Å². The van der Waals surface area contributed by atoms with Gasteiger partial charge in [-0.2, -0.15) is 0 Å². The molecule has 27 heavy (non-hydrogen) atoms. The van der Waals surface area contributed by atoms with Crippen LogP contribution in [0, 0.1) is 0 Å². The van der Waals surface area contributed by atoms with Gasteiger partial charge < -0.3 is 4.74 Å². The number of rotatable bonds is 5. The van der Waals surface area contributed by atoms with Crippen LogP contribution in [-0.2, 0) is 0 Å². The van der Waals surface area contributed by atoms with Crippen molar-refractivity contribution in [3.8, 4) is 11.4 Å². The lowest BCUT2D eigenvalue weighted by atomic mass is 10.1. The predicted octanol–water partition coefficient (Wildman–Crippen LogP) is 6.26. The van der Waals surface area contributed by atoms with Crippen LogP contribution in [0.25, 0.3) is 16.5 Å². The van der Waals surface area contributed by atoms with Gasteiger partial charge in [0.2, 0.25) is 0 Å². The van der Waals surface area contributed by atoms with Gasteiger partial charge >= 0.3 is 0 Å². The molecule has 136 valence electrons. The lowest BCUT2D eigenvalue weighted by Gasteiger charge is -2.17. The number of ether oxygens (including phenoxy) is 1. The highest BCUT2D eigenvalue weighted by atomic mass is 35.5. The molecular formula is C21H17Cl2N3O. The second-order valence-corrected chi connectivity index (χ2v) is 7.01. The Morgan fingerprint density at radius 2 is 1.70 bits per heavy atom. The first-order valence-corrected chi connectivity index (χ1v) is 9.43. The Hall–Kier alpha value is -2.56. The highest BCUT2D eigenvalue weighted by Gasteiger charge is 2.18. The summed E-state index contributed by atoms with van der Waals surface area (Å²) in [6, 6.07) is 19.1. The quantitative estimate of drug-likeness (QED) is 0.399. The van der Waals surface area contributed by atoms with Gasteiger partial charge in [-0.3, -0.25) is 0 Å². The van der Waals surface area contributed by atoms with Crippen molar-refractivity contribution in [1.82, 2.24) is 15.0 Å². The van der Waals surface area contributed by atoms with Gasteiger partial charge in [0.1, 0.15) is 17.5 Å². The molecule has 0 saturated heterocycles. The molecule has 0 spiro atoms. The SMILES string of the molecule is CCC(Oc1ccc(Cl)c2ccccc12)c1cn(-c2ccc(Cl)cc2)nn1. The van der Waals surface area contributed by atoms with Crippen LogP contribution in [-0.4, -0.2) is 15.0 Å². The molecule has 0 amide bonds. The summed E-state index contributed by atoms with van der Waals surface area (Å²) < 4.78 is 8.01. The van der Waals surface area contributed by atoms with Gasteiger partial charge in [-0.25, -0.2) is 4.68 Å². The maximum Gasteiger partial charge on any atom is 0.144 e. The molecule has 0 fully saturated rings. The Kier molecular flexibility index (Phi) is 5.01. The van der Waals surface area contributed by atoms with Crippen LogP contribution >= 0.6 is 23.2 Å². The predicted molar refractivity (Wildman–Crippen MR) is 109 cm³/mol. The molecule has 1 atom stereocenters. The Balaban J connectivity index is 1.64. The minimum atomic E-state index is -0.212. The van der Waals surface area contributed by atoms with Crippen molar-refractivity contribution in [1.29, 1.82) is 0 Å². The van der Waals surface area contributed by atoms with E-state index in [-0.39, 0.29) is 6.10 Å². The van der Waals surface area contributed by atoms with E-state index in [2.05, 4.69) is 17.2 Å². The van der Waals surface area contributed by atoms with Crippen molar-refractivity contribution < 1.29 is 4.74 Å². The van der Waals surface area contributed by atoms with E-state index in [0.717, 1.165) is 34.3 Å². The zero-order valence-corrected chi connectivity index (χ0v) is 16.2. The average Bonchev–Trinajstić information content (AvgIpc) is 3.18. The maximum atomic E-state index is 6.31. The summed E-state index contributed by atoms with van der Waals surface area (Å²) in [7, 11) is 0. The number of halogens is 2. The van der Waals surface area contributed by atoms with Gasteiger partial charge in [-0.05, 0) is 42.8 Å². The Labute approximate surface area is 167 Å². The summed E-state index contributed by atoms with van der Waals surface area (Å²) in [4.78, 5) is 0. The third-order valence-electron chi connectivity index (χ3n) is 4.40. The van der Waals surface area contributed by atoms with E-state index in [9.17, 15) is 0 Å². The number of aromatic nitrogens is 3. The van der Waals surface area contributed by atoms with E-state index in [0.29, 0.717) is 10.0 Å². The fraction of sp³-hybridized carbons (Fsp3) is 0.143. The van der Waals surface area contributed by atoms with Gasteiger partial charge in [0.25, 0.3) is 0 Å². The fourth-order valence-electron chi connectivity index (χ4n) is 2.99. The van der Waals surface area contributed by atoms with Gasteiger partial charge in [0.05, 0.1) is 11.9 Å². The molecule has 3 aromatic carbocycles. The number of hydrogen-bond acceptors (Lipinski definition) is 3. The van der Waals surface area contributed by atoms with Crippen LogP contribution in [0.1, 0.15) is 25.1 Å². The standard InChI is InChI=1S/C21H17Cl2N3O/c1-2-20(19-13-26(25-24-19)15-9-7-14(22)8-10-15)27-21-12-11-18(23)16-5-3-4-6-17(16)21/h3-13,20H,2H2,1H3. The Morgan fingerprint density at radius 1 is 0.963 bits per heavy atom. The smallest absolute Gasteiger partial charge is 0.144 e. The first-order valence-electron chi connectivity index (χ1n) is 8.68. The van der Waals surface area contributed by atoms with E-state index in [1.165, 1.54) is 0 Å². The lowest BCUT2D eigenvalue weighted by molar-refractivity contribution is 0.199. The number of benzene rings is 3. The van der Waals surface area contributed by atoms with Crippen LogP contribution < -0.4 is 4.74 Å². The topological polar surface area (TPSA) is 39.9 Å². The summed E-state index contributed by atoms with van der Waals surface area (Å²) in [5, 5.41) is 11.9. The first kappa shape index (κ1) is 17.8. The zero-order valence-electron chi connectivity index (χ0n) is 14.6. The van der Waals surface area contributed by atoms with Crippen LogP contribution in [0.15, 0.2) is 66.9 Å². The molecule has 1 heterocycles. The van der Waals surface area contributed by atoms with E-state index < -0.39 is 0 Å². The summed E-state index contributed by atoms with van der Waals surface area (Å²) >= 11 is 12.3. The second kappa shape index (κ2) is 7.59. The lowest BCUT2D eigenvalue weighted by Crippen LogP contribution is -2.07. The molecule has 6 heteroatoms. The summed E-state index contributed by atoms with van der Waals surface area (Å²) in [5.41, 5.74) is 1.66. The van der Waals surface area contributed by atoms with E-state index in [1.807, 2.05) is 66.9 Å². The highest BCUT2D eigenvalue weighted by Crippen LogP contribution is 2.34. The van der Waals surface area contributed by atoms with Crippen LogP contribution in [0.5, 0.6) is 5.75 Å². The summed E-state index contributed by atoms with van der Waals surface area (Å²) in [6.07, 6.45) is 2.43. The second-order valence-electron chi connectivity index (χ2n) is 6.17. The van der Waals surface area contributed by atoms with Gasteiger partial charge in [-0.1, -0.05) is 59.6 Å². The first-order chi connectivity index (χ1) is 13.2. The number of hydrogen-bond donors (Lipinski definition) is 0. The average molecular weight is 398 g/mol. The van der Waals surface area contributed by atoms with Crippen LogP contribution in [0.3, 0.4) is 0 Å². The van der Waals surface area contributed by atoms with E-state index >= 15 is 0 Å². The summed E-state index contributed by atoms with van der Waals surface area (Å²) in [6.45, 7) is 2.06. The molecule has 0 bridgehead atoms. The molecule has 0 aliphatic carbocycles. The van der Waals surface area contributed by atoms with Crippen molar-refractivity contribution >= 4 is 34.0 Å². The molecule has 4 nitrogen and oxygen atoms in total. The van der Waals surface area contributed by atoms with Crippen LogP contribution in [0.4, 0.5) is 0 Å². The Bertz CT molecular complexity index is 1080. The van der Waals surface area contributed by atoms with E-state index in [1.54, 1.807) is 4.68 Å². The van der Waals surface area contributed by atoms with Crippen molar-refractivity contribution in [2.75, 3.05) is 0 Å². The van der Waals surface area contributed by atoms with Gasteiger partial charge in [0, 0.05) is 20.8 Å². The van der Waals surface area contributed by atoms with Gasteiger partial charge in [-0.15, -0.1) is 5.10 Å². The molecule has 0 saturated carbocycles. The Morgan fingerprint density at radius 3 is 2.44 bits per heavy atom. The zero-order chi connectivity index (χ0) is 18.8. The fourth-order valence-corrected chi connectivity index (χ4v) is 3.34. The molecule has 1 aromatic heterocycles. The number of nitrogens with zero attached hydrogens (tertiary/aromatic N) is 3. The molecule has 0 N–H and O–H groups in total. The summed E-state index contributed by atoms with van der Waals surface area (Å²) in [5.74, 6) is 0.780. The minimum Gasteiger partial charge on any atom is -0.483 e. The monoisotopic (exact) mass is 397 g/mol. The molecule has 0 aliphatic heterocycles. The molecule has 0 aliphatic rings. The molecule has 4 aromatic rings. The third-order valence-corrected chi connectivity index (χ3v) is 4.98. The largest absolute Gasteiger partial charge is 0.483 e. The van der Waals surface area contributed by atoms with Crippen molar-refractivity contribution in [2.45, 2.75) is 19.4 Å². The van der Waals surface area contributed by atoms with Crippen molar-refractivity contribution in [3.63, 3.8) is 0 Å². The maximum absolute atomic E-state index is 6.31. The van der Waals surface area contributed by atoms with Crippen molar-refractivity contribution in [2.24, 2.45) is 0 Å². The molecule has 1 unspecified atom stereocenters. The van der Waals surface area contributed by atoms with E-state index in [4.69, 9.17) is 27.9 Å². The normalized spacial score (nSPS) is 12.3.